The minimum Gasteiger partial charge on any atom is -0.445 e. The third kappa shape index (κ3) is 7.78. The number of ether oxygens (including phenoxy) is 1. The first-order valence-corrected chi connectivity index (χ1v) is 9.73. The van der Waals surface area contributed by atoms with E-state index in [-0.39, 0.29) is 24.5 Å². The maximum absolute atomic E-state index is 12.8. The monoisotopic (exact) mass is 395 g/mol. The maximum Gasteiger partial charge on any atom is 0.408 e. The van der Waals surface area contributed by atoms with Crippen molar-refractivity contribution >= 4 is 18.2 Å². The Hall–Kier alpha value is -3.15. The van der Waals surface area contributed by atoms with Crippen LogP contribution in [0.4, 0.5) is 4.79 Å². The minimum absolute atomic E-state index is 0.102. The number of rotatable bonds is 9. The number of amides is 2. The van der Waals surface area contributed by atoms with Crippen LogP contribution in [-0.4, -0.2) is 37.3 Å². The molecule has 0 aromatic heterocycles. The van der Waals surface area contributed by atoms with Crippen molar-refractivity contribution in [2.75, 3.05) is 7.05 Å². The van der Waals surface area contributed by atoms with E-state index in [1.54, 1.807) is 13.3 Å². The fourth-order valence-electron chi connectivity index (χ4n) is 2.89. The summed E-state index contributed by atoms with van der Waals surface area (Å²) in [7, 11) is 1.67. The highest BCUT2D eigenvalue weighted by atomic mass is 16.5. The van der Waals surface area contributed by atoms with E-state index in [1.165, 1.54) is 0 Å². The number of aliphatic imine (C=N–C) groups is 1. The summed E-state index contributed by atoms with van der Waals surface area (Å²) >= 11 is 0. The molecule has 2 atom stereocenters. The number of hydrogen-bond acceptors (Lipinski definition) is 4. The van der Waals surface area contributed by atoms with Crippen molar-refractivity contribution in [3.8, 4) is 0 Å². The zero-order valence-corrected chi connectivity index (χ0v) is 17.2. The topological polar surface area (TPSA) is 79.8 Å². The van der Waals surface area contributed by atoms with Crippen LogP contribution < -0.4 is 10.6 Å². The number of nitrogens with zero attached hydrogens (tertiary/aromatic N) is 1. The molecule has 2 aromatic rings. The largest absolute Gasteiger partial charge is 0.445 e. The molecule has 0 bridgehead atoms. The average molecular weight is 396 g/mol. The predicted molar refractivity (Wildman–Crippen MR) is 115 cm³/mol. The van der Waals surface area contributed by atoms with Crippen molar-refractivity contribution in [2.45, 2.75) is 39.0 Å². The SMILES string of the molecule is CN=CC(Cc1ccccc1)NC(=O)[C@@H](NC(=O)OCc1ccccc1)C(C)C. The van der Waals surface area contributed by atoms with Gasteiger partial charge in [0.15, 0.2) is 0 Å². The molecule has 154 valence electrons. The van der Waals surface area contributed by atoms with Gasteiger partial charge in [-0.25, -0.2) is 4.79 Å². The Kier molecular flexibility index (Phi) is 8.89. The zero-order valence-electron chi connectivity index (χ0n) is 17.2. The Balaban J connectivity index is 1.94. The lowest BCUT2D eigenvalue weighted by Gasteiger charge is -2.24. The third-order valence-electron chi connectivity index (χ3n) is 4.39. The number of carbonyl (C=O) groups is 2. The second kappa shape index (κ2) is 11.6. The van der Waals surface area contributed by atoms with E-state index < -0.39 is 12.1 Å². The van der Waals surface area contributed by atoms with Gasteiger partial charge in [-0.2, -0.15) is 0 Å². The van der Waals surface area contributed by atoms with E-state index in [9.17, 15) is 9.59 Å². The van der Waals surface area contributed by atoms with E-state index in [0.29, 0.717) is 6.42 Å². The Morgan fingerprint density at radius 2 is 1.55 bits per heavy atom. The fraction of sp³-hybridized carbons (Fsp3) is 0.348. The van der Waals surface area contributed by atoms with Crippen LogP contribution >= 0.6 is 0 Å². The molecule has 0 fully saturated rings. The molecule has 29 heavy (non-hydrogen) atoms. The molecule has 2 aromatic carbocycles. The van der Waals surface area contributed by atoms with Gasteiger partial charge < -0.3 is 15.4 Å². The van der Waals surface area contributed by atoms with Gasteiger partial charge in [-0.15, -0.1) is 0 Å². The standard InChI is InChI=1S/C23H29N3O3/c1-17(2)21(26-23(28)29-16-19-12-8-5-9-13-19)22(27)25-20(15-24-3)14-18-10-6-4-7-11-18/h4-13,15,17,20-21H,14,16H2,1-3H3,(H,25,27)(H,26,28)/t20?,21-/m0/s1. The van der Waals surface area contributed by atoms with Gasteiger partial charge in [-0.05, 0) is 23.5 Å². The Morgan fingerprint density at radius 3 is 2.10 bits per heavy atom. The average Bonchev–Trinajstić information content (AvgIpc) is 2.72. The van der Waals surface area contributed by atoms with Gasteiger partial charge in [-0.3, -0.25) is 9.79 Å². The van der Waals surface area contributed by atoms with Crippen molar-refractivity contribution in [2.24, 2.45) is 10.9 Å². The van der Waals surface area contributed by atoms with Crippen LogP contribution in [0.15, 0.2) is 65.7 Å². The highest BCUT2D eigenvalue weighted by Crippen LogP contribution is 2.07. The van der Waals surface area contributed by atoms with Crippen molar-refractivity contribution in [3.05, 3.63) is 71.8 Å². The molecule has 6 nitrogen and oxygen atoms in total. The maximum atomic E-state index is 12.8. The first-order valence-electron chi connectivity index (χ1n) is 9.73. The van der Waals surface area contributed by atoms with Crippen molar-refractivity contribution in [1.82, 2.24) is 10.6 Å². The molecule has 0 aliphatic rings. The molecule has 2 rings (SSSR count). The molecule has 1 unspecified atom stereocenters. The molecule has 0 aliphatic heterocycles. The van der Waals surface area contributed by atoms with Gasteiger partial charge in [0, 0.05) is 13.3 Å². The Morgan fingerprint density at radius 1 is 0.966 bits per heavy atom. The molecule has 0 saturated carbocycles. The summed E-state index contributed by atoms with van der Waals surface area (Å²) in [5, 5.41) is 5.65. The van der Waals surface area contributed by atoms with Crippen LogP contribution in [0.1, 0.15) is 25.0 Å². The number of alkyl carbamates (subject to hydrolysis) is 1. The number of nitrogens with one attached hydrogen (secondary N) is 2. The van der Waals surface area contributed by atoms with Crippen LogP contribution in [0.3, 0.4) is 0 Å². The second-order valence-electron chi connectivity index (χ2n) is 7.14. The highest BCUT2D eigenvalue weighted by molar-refractivity contribution is 5.88. The number of carbonyl (C=O) groups excluding carboxylic acids is 2. The van der Waals surface area contributed by atoms with Gasteiger partial charge in [0.25, 0.3) is 0 Å². The van der Waals surface area contributed by atoms with E-state index in [4.69, 9.17) is 4.74 Å². The molecule has 2 N–H and O–H groups in total. The van der Waals surface area contributed by atoms with Crippen LogP contribution in [0.2, 0.25) is 0 Å². The third-order valence-corrected chi connectivity index (χ3v) is 4.39. The lowest BCUT2D eigenvalue weighted by molar-refractivity contribution is -0.124. The highest BCUT2D eigenvalue weighted by Gasteiger charge is 2.26. The van der Waals surface area contributed by atoms with E-state index in [1.807, 2.05) is 74.5 Å². The summed E-state index contributed by atoms with van der Waals surface area (Å²) < 4.78 is 5.25. The molecular formula is C23H29N3O3. The van der Waals surface area contributed by atoms with E-state index >= 15 is 0 Å². The van der Waals surface area contributed by atoms with Gasteiger partial charge >= 0.3 is 6.09 Å². The quantitative estimate of drug-likeness (QED) is 0.639. The Labute approximate surface area is 172 Å². The summed E-state index contributed by atoms with van der Waals surface area (Å²) in [6, 6.07) is 18.3. The lowest BCUT2D eigenvalue weighted by atomic mass is 10.0. The van der Waals surface area contributed by atoms with Gasteiger partial charge in [-0.1, -0.05) is 74.5 Å². The van der Waals surface area contributed by atoms with Crippen LogP contribution in [0.25, 0.3) is 0 Å². The van der Waals surface area contributed by atoms with Crippen LogP contribution in [0, 0.1) is 5.92 Å². The predicted octanol–water partition coefficient (Wildman–Crippen LogP) is 3.37. The molecular weight excluding hydrogens is 366 g/mol. The molecule has 6 heteroatoms. The summed E-state index contributed by atoms with van der Waals surface area (Å²) in [6.45, 7) is 3.90. The number of hydrogen-bond donors (Lipinski definition) is 2. The first kappa shape index (κ1) is 22.1. The second-order valence-corrected chi connectivity index (χ2v) is 7.14. The summed E-state index contributed by atoms with van der Waals surface area (Å²) in [5.74, 6) is -0.368. The smallest absolute Gasteiger partial charge is 0.408 e. The molecule has 2 amide bonds. The van der Waals surface area contributed by atoms with Crippen molar-refractivity contribution in [3.63, 3.8) is 0 Å². The normalized spacial score (nSPS) is 13.1. The molecule has 0 aliphatic carbocycles. The van der Waals surface area contributed by atoms with Gasteiger partial charge in [0.2, 0.25) is 5.91 Å². The number of benzene rings is 2. The van der Waals surface area contributed by atoms with Crippen LogP contribution in [0.5, 0.6) is 0 Å². The van der Waals surface area contributed by atoms with E-state index in [2.05, 4.69) is 15.6 Å². The van der Waals surface area contributed by atoms with Gasteiger partial charge in [0.05, 0.1) is 6.04 Å². The summed E-state index contributed by atoms with van der Waals surface area (Å²) in [6.07, 6.45) is 1.70. The Bertz CT molecular complexity index is 792. The van der Waals surface area contributed by atoms with E-state index in [0.717, 1.165) is 11.1 Å². The first-order chi connectivity index (χ1) is 14.0. The molecule has 0 heterocycles. The molecule has 0 radical (unpaired) electrons. The summed E-state index contributed by atoms with van der Waals surface area (Å²) in [5.41, 5.74) is 1.98. The molecule has 0 saturated heterocycles. The lowest BCUT2D eigenvalue weighted by Crippen LogP contribution is -2.53. The zero-order chi connectivity index (χ0) is 21.1. The van der Waals surface area contributed by atoms with Crippen LogP contribution in [-0.2, 0) is 22.6 Å². The van der Waals surface area contributed by atoms with Gasteiger partial charge in [0.1, 0.15) is 12.6 Å². The van der Waals surface area contributed by atoms with Crippen molar-refractivity contribution in [1.29, 1.82) is 0 Å². The minimum atomic E-state index is -0.707. The fourth-order valence-corrected chi connectivity index (χ4v) is 2.89. The van der Waals surface area contributed by atoms with Crippen molar-refractivity contribution < 1.29 is 14.3 Å². The summed E-state index contributed by atoms with van der Waals surface area (Å²) in [4.78, 5) is 29.1. The molecule has 0 spiro atoms.